The Morgan fingerprint density at radius 2 is 1.79 bits per heavy atom. The number of rotatable bonds is 2. The second kappa shape index (κ2) is 6.02. The summed E-state index contributed by atoms with van der Waals surface area (Å²) in [4.78, 5) is 0.183. The summed E-state index contributed by atoms with van der Waals surface area (Å²) in [5, 5.41) is 19.5. The number of benzene rings is 2. The summed E-state index contributed by atoms with van der Waals surface area (Å²) in [7, 11) is -3.78. The molecule has 2 aromatic rings. The molecule has 0 unspecified atom stereocenters. The minimum atomic E-state index is -3.78. The Labute approximate surface area is 141 Å². The molecule has 0 spiro atoms. The first-order valence-electron chi connectivity index (χ1n) is 7.46. The van der Waals surface area contributed by atoms with Crippen molar-refractivity contribution in [3.63, 3.8) is 0 Å². The van der Waals surface area contributed by atoms with Gasteiger partial charge in [-0.2, -0.15) is 5.26 Å². The molecule has 1 heterocycles. The number of para-hydroxylation sites is 1. The number of anilines is 1. The lowest BCUT2D eigenvalue weighted by atomic mass is 10.1. The number of hydrogen-bond donors (Lipinski definition) is 1. The van der Waals surface area contributed by atoms with Crippen molar-refractivity contribution >= 4 is 21.5 Å². The Kier molecular flexibility index (Phi) is 4.04. The van der Waals surface area contributed by atoms with Crippen LogP contribution in [-0.2, 0) is 10.0 Å². The highest BCUT2D eigenvalue weighted by Crippen LogP contribution is 2.35. The summed E-state index contributed by atoms with van der Waals surface area (Å²) in [6, 6.07) is 15.2. The molecule has 0 atom stereocenters. The van der Waals surface area contributed by atoms with E-state index >= 15 is 0 Å². The minimum Gasteiger partial charge on any atom is -0.506 e. The Hall–Kier alpha value is -2.78. The highest BCUT2D eigenvalue weighted by molar-refractivity contribution is 7.92. The van der Waals surface area contributed by atoms with Crippen LogP contribution in [0.4, 0.5) is 5.69 Å². The van der Waals surface area contributed by atoms with Crippen molar-refractivity contribution in [2.24, 2.45) is 0 Å². The van der Waals surface area contributed by atoms with Gasteiger partial charge in [0.2, 0.25) is 0 Å². The normalized spacial score (nSPS) is 14.8. The molecule has 0 aliphatic carbocycles. The van der Waals surface area contributed by atoms with Crippen LogP contribution in [0.25, 0.3) is 5.76 Å². The van der Waals surface area contributed by atoms with Gasteiger partial charge in [0.05, 0.1) is 22.2 Å². The van der Waals surface area contributed by atoms with E-state index in [9.17, 15) is 18.8 Å². The SMILES string of the molecule is Cc1ccc(S(=O)(=O)N2CCC(C#N)=C(O)c3ccccc32)cc1. The summed E-state index contributed by atoms with van der Waals surface area (Å²) in [6.07, 6.45) is 0.155. The third kappa shape index (κ3) is 2.63. The second-order valence-corrected chi connectivity index (χ2v) is 7.46. The quantitative estimate of drug-likeness (QED) is 0.908. The molecule has 0 saturated carbocycles. The van der Waals surface area contributed by atoms with Gasteiger partial charge >= 0.3 is 0 Å². The highest BCUT2D eigenvalue weighted by Gasteiger charge is 2.30. The lowest BCUT2D eigenvalue weighted by Gasteiger charge is -2.24. The van der Waals surface area contributed by atoms with E-state index in [1.165, 1.54) is 4.31 Å². The first-order chi connectivity index (χ1) is 11.4. The minimum absolute atomic E-state index is 0.0974. The van der Waals surface area contributed by atoms with Crippen molar-refractivity contribution in [1.29, 1.82) is 5.26 Å². The smallest absolute Gasteiger partial charge is 0.264 e. The summed E-state index contributed by atoms with van der Waals surface area (Å²) in [5.41, 5.74) is 1.88. The van der Waals surface area contributed by atoms with E-state index in [2.05, 4.69) is 0 Å². The van der Waals surface area contributed by atoms with Crippen molar-refractivity contribution in [3.05, 3.63) is 65.2 Å². The standard InChI is InChI=1S/C18H16N2O3S/c1-13-6-8-15(9-7-13)24(22,23)20-11-10-14(12-19)18(21)16-4-2-3-5-17(16)20/h2-9,21H,10-11H2,1H3. The van der Waals surface area contributed by atoms with E-state index < -0.39 is 10.0 Å². The summed E-state index contributed by atoms with van der Waals surface area (Å²) < 4.78 is 27.4. The Balaban J connectivity index is 2.16. The fourth-order valence-corrected chi connectivity index (χ4v) is 4.19. The van der Waals surface area contributed by atoms with Gasteiger partial charge in [0.15, 0.2) is 0 Å². The number of nitrogens with zero attached hydrogens (tertiary/aromatic N) is 2. The molecule has 0 radical (unpaired) electrons. The van der Waals surface area contributed by atoms with Crippen LogP contribution in [-0.4, -0.2) is 20.1 Å². The fourth-order valence-electron chi connectivity index (χ4n) is 2.70. The number of fused-ring (bicyclic) bond motifs is 1. The van der Waals surface area contributed by atoms with Gasteiger partial charge in [-0.3, -0.25) is 4.31 Å². The molecule has 122 valence electrons. The maximum absolute atomic E-state index is 13.1. The van der Waals surface area contributed by atoms with Crippen molar-refractivity contribution in [1.82, 2.24) is 0 Å². The summed E-state index contributed by atoms with van der Waals surface area (Å²) >= 11 is 0. The van der Waals surface area contributed by atoms with Crippen LogP contribution in [0, 0.1) is 18.3 Å². The predicted molar refractivity (Wildman–Crippen MR) is 91.9 cm³/mol. The second-order valence-electron chi connectivity index (χ2n) is 5.60. The number of nitriles is 1. The molecule has 3 rings (SSSR count). The van der Waals surface area contributed by atoms with Crippen LogP contribution in [0.2, 0.25) is 0 Å². The van der Waals surface area contributed by atoms with Gasteiger partial charge in [0.25, 0.3) is 10.0 Å². The molecule has 1 N–H and O–H groups in total. The van der Waals surface area contributed by atoms with Crippen LogP contribution < -0.4 is 4.31 Å². The maximum Gasteiger partial charge on any atom is 0.264 e. The molecule has 0 amide bonds. The van der Waals surface area contributed by atoms with Gasteiger partial charge < -0.3 is 5.11 Å². The molecular weight excluding hydrogens is 324 g/mol. The Morgan fingerprint density at radius 3 is 2.46 bits per heavy atom. The van der Waals surface area contributed by atoms with Crippen molar-refractivity contribution in [2.75, 3.05) is 10.8 Å². The molecule has 5 nitrogen and oxygen atoms in total. The van der Waals surface area contributed by atoms with Gasteiger partial charge in [-0.1, -0.05) is 29.8 Å². The first-order valence-corrected chi connectivity index (χ1v) is 8.90. The molecule has 24 heavy (non-hydrogen) atoms. The van der Waals surface area contributed by atoms with E-state index in [0.29, 0.717) is 11.3 Å². The largest absolute Gasteiger partial charge is 0.506 e. The average molecular weight is 340 g/mol. The van der Waals surface area contributed by atoms with Crippen LogP contribution in [0.3, 0.4) is 0 Å². The highest BCUT2D eigenvalue weighted by atomic mass is 32.2. The van der Waals surface area contributed by atoms with Crippen molar-refractivity contribution in [2.45, 2.75) is 18.2 Å². The zero-order valence-corrected chi connectivity index (χ0v) is 13.9. The van der Waals surface area contributed by atoms with Crippen molar-refractivity contribution < 1.29 is 13.5 Å². The zero-order valence-electron chi connectivity index (χ0n) is 13.1. The van der Waals surface area contributed by atoms with E-state index in [4.69, 9.17) is 0 Å². The van der Waals surface area contributed by atoms with E-state index in [1.54, 1.807) is 48.5 Å². The first kappa shape index (κ1) is 16.1. The number of hydrogen-bond acceptors (Lipinski definition) is 4. The molecule has 0 aromatic heterocycles. The van der Waals surface area contributed by atoms with Gasteiger partial charge in [-0.05, 0) is 31.2 Å². The topological polar surface area (TPSA) is 81.4 Å². The Bertz CT molecular complexity index is 955. The number of aliphatic hydroxyl groups is 1. The molecule has 1 aliphatic heterocycles. The third-order valence-corrected chi connectivity index (χ3v) is 5.85. The monoisotopic (exact) mass is 340 g/mol. The summed E-state index contributed by atoms with van der Waals surface area (Å²) in [6.45, 7) is 1.99. The summed E-state index contributed by atoms with van der Waals surface area (Å²) in [5.74, 6) is -0.158. The third-order valence-electron chi connectivity index (χ3n) is 4.02. The lowest BCUT2D eigenvalue weighted by Crippen LogP contribution is -2.32. The fraction of sp³-hybridized carbons (Fsp3) is 0.167. The average Bonchev–Trinajstić information content (AvgIpc) is 2.72. The molecule has 0 fully saturated rings. The van der Waals surface area contributed by atoms with E-state index in [-0.39, 0.29) is 29.2 Å². The van der Waals surface area contributed by atoms with Crippen LogP contribution >= 0.6 is 0 Å². The van der Waals surface area contributed by atoms with E-state index in [0.717, 1.165) is 5.56 Å². The Morgan fingerprint density at radius 1 is 1.12 bits per heavy atom. The number of aliphatic hydroxyl groups excluding tert-OH is 1. The van der Waals surface area contributed by atoms with Gasteiger partial charge in [0.1, 0.15) is 5.76 Å². The lowest BCUT2D eigenvalue weighted by molar-refractivity contribution is 0.507. The predicted octanol–water partition coefficient (Wildman–Crippen LogP) is 3.39. The van der Waals surface area contributed by atoms with Crippen molar-refractivity contribution in [3.8, 4) is 6.07 Å². The van der Waals surface area contributed by atoms with Gasteiger partial charge in [-0.25, -0.2) is 8.42 Å². The number of sulfonamides is 1. The van der Waals surface area contributed by atoms with Crippen LogP contribution in [0.5, 0.6) is 0 Å². The van der Waals surface area contributed by atoms with Gasteiger partial charge in [-0.15, -0.1) is 0 Å². The van der Waals surface area contributed by atoms with Gasteiger partial charge in [0, 0.05) is 18.5 Å². The molecular formula is C18H16N2O3S. The zero-order chi connectivity index (χ0) is 17.3. The molecule has 2 aromatic carbocycles. The molecule has 0 saturated heterocycles. The van der Waals surface area contributed by atoms with Crippen LogP contribution in [0.1, 0.15) is 17.5 Å². The maximum atomic E-state index is 13.1. The molecule has 1 aliphatic rings. The van der Waals surface area contributed by atoms with Crippen LogP contribution in [0.15, 0.2) is 59.0 Å². The van der Waals surface area contributed by atoms with E-state index in [1.807, 2.05) is 13.0 Å². The molecule has 6 heteroatoms. The molecule has 0 bridgehead atoms. The number of aryl methyl sites for hydroxylation is 1.